The second-order valence-electron chi connectivity index (χ2n) is 4.60. The summed E-state index contributed by atoms with van der Waals surface area (Å²) in [6.07, 6.45) is 8.74. The first-order valence-electron chi connectivity index (χ1n) is 6.24. The van der Waals surface area contributed by atoms with Crippen LogP contribution in [0.25, 0.3) is 0 Å². The van der Waals surface area contributed by atoms with Crippen molar-refractivity contribution in [3.63, 3.8) is 0 Å². The van der Waals surface area contributed by atoms with E-state index in [0.717, 1.165) is 32.4 Å². The van der Waals surface area contributed by atoms with Crippen LogP contribution in [0.5, 0.6) is 0 Å². The van der Waals surface area contributed by atoms with Gasteiger partial charge in [-0.25, -0.2) is 13.1 Å². The predicted octanol–water partition coefficient (Wildman–Crippen LogP) is 0.707. The summed E-state index contributed by atoms with van der Waals surface area (Å²) >= 11 is 0. The molecule has 0 aromatic rings. The van der Waals surface area contributed by atoms with Crippen molar-refractivity contribution in [1.29, 1.82) is 0 Å². The molecule has 1 aliphatic rings. The van der Waals surface area contributed by atoms with Gasteiger partial charge in [0.2, 0.25) is 10.0 Å². The Hall–Kier alpha value is -0.570. The van der Waals surface area contributed by atoms with Crippen molar-refractivity contribution in [3.8, 4) is 12.3 Å². The highest BCUT2D eigenvalue weighted by molar-refractivity contribution is 7.89. The zero-order chi connectivity index (χ0) is 12.7. The molecule has 1 heterocycles. The molecule has 0 radical (unpaired) electrons. The fraction of sp³-hybridized carbons (Fsp3) is 0.833. The van der Waals surface area contributed by atoms with E-state index in [1.54, 1.807) is 0 Å². The molecule has 0 bridgehead atoms. The van der Waals surface area contributed by atoms with Gasteiger partial charge in [-0.15, -0.1) is 6.42 Å². The topological polar surface area (TPSA) is 58.2 Å². The zero-order valence-electron chi connectivity index (χ0n) is 10.4. The van der Waals surface area contributed by atoms with E-state index in [4.69, 9.17) is 6.42 Å². The van der Waals surface area contributed by atoms with E-state index in [1.165, 1.54) is 0 Å². The van der Waals surface area contributed by atoms with Crippen LogP contribution < -0.4 is 10.0 Å². The maximum Gasteiger partial charge on any atom is 0.212 e. The molecule has 1 atom stereocenters. The first-order chi connectivity index (χ1) is 8.07. The standard InChI is InChI=1S/C12H22N2O2S/c1-3-5-12(4-2)14-17(15,16)10-11-6-8-13-9-7-11/h2,11-14H,3,5-10H2,1H3. The molecular weight excluding hydrogens is 236 g/mol. The number of hydrogen-bond acceptors (Lipinski definition) is 3. The number of rotatable bonds is 6. The molecule has 17 heavy (non-hydrogen) atoms. The van der Waals surface area contributed by atoms with Crippen LogP contribution in [0.3, 0.4) is 0 Å². The first-order valence-corrected chi connectivity index (χ1v) is 7.89. The molecule has 0 aromatic heterocycles. The van der Waals surface area contributed by atoms with E-state index in [9.17, 15) is 8.42 Å². The number of piperidine rings is 1. The van der Waals surface area contributed by atoms with E-state index in [1.807, 2.05) is 6.92 Å². The van der Waals surface area contributed by atoms with Crippen molar-refractivity contribution in [2.45, 2.75) is 38.6 Å². The SMILES string of the molecule is C#CC(CCC)NS(=O)(=O)CC1CCNCC1. The van der Waals surface area contributed by atoms with Gasteiger partial charge in [0.15, 0.2) is 0 Å². The van der Waals surface area contributed by atoms with Crippen molar-refractivity contribution >= 4 is 10.0 Å². The quantitative estimate of drug-likeness (QED) is 0.690. The third kappa shape index (κ3) is 5.53. The van der Waals surface area contributed by atoms with Crippen LogP contribution in [-0.4, -0.2) is 33.3 Å². The second-order valence-corrected chi connectivity index (χ2v) is 6.40. The maximum absolute atomic E-state index is 11.9. The molecule has 0 amide bonds. The monoisotopic (exact) mass is 258 g/mol. The number of sulfonamides is 1. The van der Waals surface area contributed by atoms with Gasteiger partial charge >= 0.3 is 0 Å². The summed E-state index contributed by atoms with van der Waals surface area (Å²) in [6, 6.07) is -0.355. The molecule has 1 rings (SSSR count). The van der Waals surface area contributed by atoms with Gasteiger partial charge in [-0.2, -0.15) is 0 Å². The zero-order valence-corrected chi connectivity index (χ0v) is 11.2. The first kappa shape index (κ1) is 14.5. The molecule has 98 valence electrons. The second kappa shape index (κ2) is 7.00. The summed E-state index contributed by atoms with van der Waals surface area (Å²) in [5, 5.41) is 3.23. The largest absolute Gasteiger partial charge is 0.317 e. The lowest BCUT2D eigenvalue weighted by Gasteiger charge is -2.23. The minimum atomic E-state index is -3.24. The van der Waals surface area contributed by atoms with E-state index >= 15 is 0 Å². The van der Waals surface area contributed by atoms with Gasteiger partial charge in [0.25, 0.3) is 0 Å². The average molecular weight is 258 g/mol. The fourth-order valence-corrected chi connectivity index (χ4v) is 3.76. The predicted molar refractivity (Wildman–Crippen MR) is 70.0 cm³/mol. The summed E-state index contributed by atoms with van der Waals surface area (Å²) in [5.74, 6) is 2.96. The van der Waals surface area contributed by atoms with Crippen molar-refractivity contribution in [3.05, 3.63) is 0 Å². The van der Waals surface area contributed by atoms with Crippen molar-refractivity contribution in [2.24, 2.45) is 5.92 Å². The molecule has 5 heteroatoms. The van der Waals surface area contributed by atoms with Gasteiger partial charge in [-0.05, 0) is 38.3 Å². The number of nitrogens with one attached hydrogen (secondary N) is 2. The molecule has 4 nitrogen and oxygen atoms in total. The Morgan fingerprint density at radius 3 is 2.65 bits per heavy atom. The Kier molecular flexibility index (Phi) is 5.96. The molecule has 1 saturated heterocycles. The smallest absolute Gasteiger partial charge is 0.212 e. The van der Waals surface area contributed by atoms with Crippen LogP contribution in [-0.2, 0) is 10.0 Å². The number of terminal acetylenes is 1. The maximum atomic E-state index is 11.9. The van der Waals surface area contributed by atoms with E-state index in [-0.39, 0.29) is 17.7 Å². The van der Waals surface area contributed by atoms with E-state index in [2.05, 4.69) is 16.0 Å². The lowest BCUT2D eigenvalue weighted by molar-refractivity contribution is 0.399. The highest BCUT2D eigenvalue weighted by atomic mass is 32.2. The van der Waals surface area contributed by atoms with Crippen LogP contribution >= 0.6 is 0 Å². The summed E-state index contributed by atoms with van der Waals surface area (Å²) in [4.78, 5) is 0. The third-order valence-corrected chi connectivity index (χ3v) is 4.57. The normalized spacial score (nSPS) is 19.8. The molecule has 2 N–H and O–H groups in total. The Morgan fingerprint density at radius 1 is 1.47 bits per heavy atom. The van der Waals surface area contributed by atoms with Crippen LogP contribution in [0.15, 0.2) is 0 Å². The van der Waals surface area contributed by atoms with Gasteiger partial charge < -0.3 is 5.32 Å². The number of hydrogen-bond donors (Lipinski definition) is 2. The Labute approximate surface area is 105 Å². The highest BCUT2D eigenvalue weighted by Gasteiger charge is 2.22. The van der Waals surface area contributed by atoms with Crippen LogP contribution in [0.4, 0.5) is 0 Å². The van der Waals surface area contributed by atoms with E-state index in [0.29, 0.717) is 6.42 Å². The van der Waals surface area contributed by atoms with Gasteiger partial charge in [-0.3, -0.25) is 0 Å². The van der Waals surface area contributed by atoms with Gasteiger partial charge in [0, 0.05) is 0 Å². The minimum Gasteiger partial charge on any atom is -0.317 e. The van der Waals surface area contributed by atoms with Crippen LogP contribution in [0.1, 0.15) is 32.6 Å². The van der Waals surface area contributed by atoms with Crippen LogP contribution in [0, 0.1) is 18.3 Å². The van der Waals surface area contributed by atoms with Crippen molar-refractivity contribution < 1.29 is 8.42 Å². The van der Waals surface area contributed by atoms with Crippen LogP contribution in [0.2, 0.25) is 0 Å². The summed E-state index contributed by atoms with van der Waals surface area (Å²) in [7, 11) is -3.24. The molecular formula is C12H22N2O2S. The third-order valence-electron chi connectivity index (χ3n) is 3.01. The van der Waals surface area contributed by atoms with Crippen molar-refractivity contribution in [1.82, 2.24) is 10.0 Å². The Morgan fingerprint density at radius 2 is 2.12 bits per heavy atom. The molecule has 1 fully saturated rings. The van der Waals surface area contributed by atoms with Gasteiger partial charge in [-0.1, -0.05) is 19.3 Å². The van der Waals surface area contributed by atoms with Crippen molar-refractivity contribution in [2.75, 3.05) is 18.8 Å². The average Bonchev–Trinajstić information content (AvgIpc) is 2.29. The van der Waals surface area contributed by atoms with Gasteiger partial charge in [0.05, 0.1) is 11.8 Å². The molecule has 0 aliphatic carbocycles. The Bertz CT molecular complexity index is 353. The van der Waals surface area contributed by atoms with E-state index < -0.39 is 10.0 Å². The fourth-order valence-electron chi connectivity index (χ4n) is 2.09. The summed E-state index contributed by atoms with van der Waals surface area (Å²) in [5.41, 5.74) is 0. The molecule has 0 spiro atoms. The van der Waals surface area contributed by atoms with Gasteiger partial charge in [0.1, 0.15) is 0 Å². The molecule has 0 aromatic carbocycles. The minimum absolute atomic E-state index is 0.205. The summed E-state index contributed by atoms with van der Waals surface area (Å²) in [6.45, 7) is 3.81. The molecule has 1 unspecified atom stereocenters. The molecule has 0 saturated carbocycles. The molecule has 1 aliphatic heterocycles. The lowest BCUT2D eigenvalue weighted by Crippen LogP contribution is -2.39. The lowest BCUT2D eigenvalue weighted by atomic mass is 10.0. The highest BCUT2D eigenvalue weighted by Crippen LogP contribution is 2.14. The summed E-state index contributed by atoms with van der Waals surface area (Å²) < 4.78 is 26.4. The Balaban J connectivity index is 2.47.